The zero-order chi connectivity index (χ0) is 29.8. The number of anilines is 1. The van der Waals surface area contributed by atoms with Gasteiger partial charge in [0, 0.05) is 19.2 Å². The van der Waals surface area contributed by atoms with Crippen LogP contribution in [0.1, 0.15) is 64.7 Å². The molecule has 1 aromatic carbocycles. The molecule has 218 valence electrons. The summed E-state index contributed by atoms with van der Waals surface area (Å²) < 4.78 is 10.6. The van der Waals surface area contributed by atoms with Gasteiger partial charge in [0.15, 0.2) is 0 Å². The maximum Gasteiger partial charge on any atom is 0.310 e. The summed E-state index contributed by atoms with van der Waals surface area (Å²) in [7, 11) is 0. The lowest BCUT2D eigenvalue weighted by molar-refractivity contribution is -0.164. The average Bonchev–Trinajstić information content (AvgIpc) is 3.44. The number of carbonyl (C=O) groups excluding carboxylic acids is 5. The molecule has 0 radical (unpaired) electrons. The summed E-state index contributed by atoms with van der Waals surface area (Å²) in [4.78, 5) is 65.4. The second-order valence-electron chi connectivity index (χ2n) is 10.8. The number of nitrogens with zero attached hydrogens (tertiary/aromatic N) is 1. The molecule has 2 aliphatic heterocycles. The van der Waals surface area contributed by atoms with Gasteiger partial charge in [-0.3, -0.25) is 24.0 Å². The molecule has 0 aromatic heterocycles. The van der Waals surface area contributed by atoms with E-state index in [0.29, 0.717) is 18.7 Å². The summed E-state index contributed by atoms with van der Waals surface area (Å²) >= 11 is 6.33. The van der Waals surface area contributed by atoms with Crippen molar-refractivity contribution in [3.63, 3.8) is 0 Å². The third-order valence-electron chi connectivity index (χ3n) is 6.66. The van der Waals surface area contributed by atoms with Crippen LogP contribution in [0.5, 0.6) is 0 Å². The number of carbonyl (C=O) groups is 5. The molecule has 2 heterocycles. The Hall–Kier alpha value is -3.44. The summed E-state index contributed by atoms with van der Waals surface area (Å²) in [6, 6.07) is 1.43. The van der Waals surface area contributed by atoms with Crippen LogP contribution in [0.2, 0.25) is 5.02 Å². The number of hydrogen-bond acceptors (Lipinski definition) is 7. The van der Waals surface area contributed by atoms with Crippen LogP contribution < -0.4 is 16.0 Å². The van der Waals surface area contributed by atoms with Gasteiger partial charge in [0.1, 0.15) is 18.1 Å². The number of esters is 1. The Morgan fingerprint density at radius 1 is 1.18 bits per heavy atom. The second kappa shape index (κ2) is 12.8. The minimum Gasteiger partial charge on any atom is -0.433 e. The quantitative estimate of drug-likeness (QED) is 0.303. The van der Waals surface area contributed by atoms with Crippen molar-refractivity contribution in [3.05, 3.63) is 40.9 Å². The number of hydrogen-bond donors (Lipinski definition) is 3. The monoisotopic (exact) mass is 576 g/mol. The van der Waals surface area contributed by atoms with E-state index in [9.17, 15) is 24.0 Å². The largest absolute Gasteiger partial charge is 0.433 e. The van der Waals surface area contributed by atoms with Crippen molar-refractivity contribution in [1.29, 1.82) is 0 Å². The third-order valence-corrected chi connectivity index (χ3v) is 6.97. The Kier molecular flexibility index (Phi) is 9.96. The van der Waals surface area contributed by atoms with Gasteiger partial charge in [-0.25, -0.2) is 0 Å². The number of cyclic esters (lactones) is 1. The van der Waals surface area contributed by atoms with Crippen molar-refractivity contribution in [1.82, 2.24) is 15.5 Å². The maximum absolute atomic E-state index is 14.1. The van der Waals surface area contributed by atoms with Crippen molar-refractivity contribution in [2.24, 2.45) is 5.41 Å². The van der Waals surface area contributed by atoms with Crippen LogP contribution in [-0.2, 0) is 28.7 Å². The Labute approximate surface area is 239 Å². The first kappa shape index (κ1) is 31.1. The number of benzene rings is 1. The van der Waals surface area contributed by atoms with Crippen molar-refractivity contribution in [3.8, 4) is 0 Å². The fourth-order valence-corrected chi connectivity index (χ4v) is 4.96. The molecule has 40 heavy (non-hydrogen) atoms. The highest BCUT2D eigenvalue weighted by Crippen LogP contribution is 2.29. The van der Waals surface area contributed by atoms with Crippen LogP contribution in [0.25, 0.3) is 0 Å². The topological polar surface area (TPSA) is 143 Å². The van der Waals surface area contributed by atoms with Gasteiger partial charge in [-0.05, 0) is 37.0 Å². The molecule has 0 bridgehead atoms. The van der Waals surface area contributed by atoms with Gasteiger partial charge in [-0.15, -0.1) is 0 Å². The minimum atomic E-state index is -1.01. The number of nitrogens with one attached hydrogen (secondary N) is 3. The predicted molar refractivity (Wildman–Crippen MR) is 148 cm³/mol. The molecular formula is C28H37ClN4O7. The van der Waals surface area contributed by atoms with Gasteiger partial charge in [0.25, 0.3) is 5.91 Å². The van der Waals surface area contributed by atoms with Gasteiger partial charge < -0.3 is 30.3 Å². The fourth-order valence-electron chi connectivity index (χ4n) is 4.70. The molecule has 5 atom stereocenters. The highest BCUT2D eigenvalue weighted by molar-refractivity contribution is 6.34. The van der Waals surface area contributed by atoms with Crippen LogP contribution in [0.15, 0.2) is 30.4 Å². The number of amides is 4. The zero-order valence-electron chi connectivity index (χ0n) is 23.6. The first-order valence-electron chi connectivity index (χ1n) is 13.3. The minimum absolute atomic E-state index is 0.0415. The van der Waals surface area contributed by atoms with Crippen LogP contribution >= 0.6 is 11.6 Å². The Morgan fingerprint density at radius 2 is 1.88 bits per heavy atom. The SMILES string of the molecule is CCOC1OC(=O)CC1NC(=O)C1C=CC(CC)N1C(=O)C(NC(=O)c1ccc(NC(C)=O)cc1Cl)C(C)(C)C. The van der Waals surface area contributed by atoms with E-state index in [1.54, 1.807) is 25.1 Å². The van der Waals surface area contributed by atoms with Crippen LogP contribution in [-0.4, -0.2) is 71.6 Å². The van der Waals surface area contributed by atoms with Crippen LogP contribution in [0, 0.1) is 5.41 Å². The summed E-state index contributed by atoms with van der Waals surface area (Å²) in [6.45, 7) is 10.7. The Morgan fingerprint density at radius 3 is 2.45 bits per heavy atom. The summed E-state index contributed by atoms with van der Waals surface area (Å²) in [5.74, 6) is -2.26. The Bertz CT molecular complexity index is 1200. The molecule has 0 saturated carbocycles. The lowest BCUT2D eigenvalue weighted by Gasteiger charge is -2.38. The normalized spacial score (nSPS) is 23.0. The third kappa shape index (κ3) is 7.19. The Balaban J connectivity index is 1.83. The summed E-state index contributed by atoms with van der Waals surface area (Å²) in [6.07, 6.45) is 3.03. The average molecular weight is 577 g/mol. The van der Waals surface area contributed by atoms with Crippen molar-refractivity contribution >= 4 is 46.9 Å². The van der Waals surface area contributed by atoms with Gasteiger partial charge in [-0.1, -0.05) is 51.4 Å². The fraction of sp³-hybridized carbons (Fsp3) is 0.536. The molecule has 11 nitrogen and oxygen atoms in total. The first-order valence-corrected chi connectivity index (χ1v) is 13.6. The van der Waals surface area contributed by atoms with Crippen molar-refractivity contribution in [2.75, 3.05) is 11.9 Å². The molecule has 1 fully saturated rings. The standard InChI is InChI=1S/C28H37ClN4O7/c1-7-17-10-12-21(25(37)31-20-14-22(35)40-27(20)39-8-2)33(17)26(38)23(28(4,5)6)32-24(36)18-11-9-16(13-19(18)29)30-15(3)34/h9-13,17,20-21,23,27H,7-8,14H2,1-6H3,(H,30,34)(H,31,37)(H,32,36). The molecule has 0 aliphatic carbocycles. The molecule has 0 spiro atoms. The predicted octanol–water partition coefficient (Wildman–Crippen LogP) is 2.78. The van der Waals surface area contributed by atoms with Gasteiger partial charge in [0.2, 0.25) is 24.0 Å². The molecule has 12 heteroatoms. The van der Waals surface area contributed by atoms with Crippen LogP contribution in [0.3, 0.4) is 0 Å². The maximum atomic E-state index is 14.1. The molecule has 5 unspecified atom stereocenters. The van der Waals surface area contributed by atoms with E-state index in [1.165, 1.54) is 24.0 Å². The van der Waals surface area contributed by atoms with E-state index in [1.807, 2.05) is 27.7 Å². The van der Waals surface area contributed by atoms with Crippen molar-refractivity contribution < 1.29 is 33.4 Å². The highest BCUT2D eigenvalue weighted by Gasteiger charge is 2.45. The molecule has 3 rings (SSSR count). The second-order valence-corrected chi connectivity index (χ2v) is 11.2. The zero-order valence-corrected chi connectivity index (χ0v) is 24.3. The van der Waals surface area contributed by atoms with E-state index >= 15 is 0 Å². The van der Waals surface area contributed by atoms with E-state index in [0.717, 1.165) is 0 Å². The van der Waals surface area contributed by atoms with Gasteiger partial charge in [0.05, 0.1) is 23.0 Å². The summed E-state index contributed by atoms with van der Waals surface area (Å²) in [5.41, 5.74) is -0.170. The lowest BCUT2D eigenvalue weighted by Crippen LogP contribution is -2.60. The smallest absolute Gasteiger partial charge is 0.310 e. The molecule has 2 aliphatic rings. The first-order chi connectivity index (χ1) is 18.8. The number of rotatable bonds is 9. The van der Waals surface area contributed by atoms with E-state index in [4.69, 9.17) is 21.1 Å². The highest BCUT2D eigenvalue weighted by atomic mass is 35.5. The van der Waals surface area contributed by atoms with E-state index < -0.39 is 53.5 Å². The molecule has 3 N–H and O–H groups in total. The van der Waals surface area contributed by atoms with Crippen molar-refractivity contribution in [2.45, 2.75) is 84.8 Å². The molecule has 1 saturated heterocycles. The van der Waals surface area contributed by atoms with Crippen LogP contribution in [0.4, 0.5) is 5.69 Å². The molecular weight excluding hydrogens is 540 g/mol. The van der Waals surface area contributed by atoms with E-state index in [2.05, 4.69) is 16.0 Å². The number of halogens is 1. The molecule has 1 aromatic rings. The number of ether oxygens (including phenoxy) is 2. The lowest BCUT2D eigenvalue weighted by atomic mass is 9.85. The van der Waals surface area contributed by atoms with Gasteiger partial charge in [-0.2, -0.15) is 0 Å². The van der Waals surface area contributed by atoms with Gasteiger partial charge >= 0.3 is 5.97 Å². The molecule has 4 amide bonds. The van der Waals surface area contributed by atoms with E-state index in [-0.39, 0.29) is 29.0 Å². The summed E-state index contributed by atoms with van der Waals surface area (Å²) in [5, 5.41) is 8.31.